The number of ether oxygens (including phenoxy) is 3. The van der Waals surface area contributed by atoms with Gasteiger partial charge in [-0.1, -0.05) is 6.07 Å². The smallest absolute Gasteiger partial charge is 0.326 e. The van der Waals surface area contributed by atoms with Crippen molar-refractivity contribution in [2.45, 2.75) is 87.0 Å². The van der Waals surface area contributed by atoms with Crippen molar-refractivity contribution in [3.05, 3.63) is 35.1 Å². The minimum atomic E-state index is -1.68. The molecule has 2 heterocycles. The van der Waals surface area contributed by atoms with E-state index >= 15 is 0 Å². The summed E-state index contributed by atoms with van der Waals surface area (Å²) in [6.45, 7) is 1.91. The van der Waals surface area contributed by atoms with E-state index in [0.29, 0.717) is 19.4 Å². The summed E-state index contributed by atoms with van der Waals surface area (Å²) in [6.07, 6.45) is -2.27. The van der Waals surface area contributed by atoms with Crippen molar-refractivity contribution in [1.82, 2.24) is 10.2 Å². The number of hydrogen-bond donors (Lipinski definition) is 6. The van der Waals surface area contributed by atoms with Crippen LogP contribution in [0.3, 0.4) is 0 Å². The van der Waals surface area contributed by atoms with Gasteiger partial charge in [0.25, 0.3) is 0 Å². The van der Waals surface area contributed by atoms with Crippen LogP contribution in [-0.4, -0.2) is 104 Å². The largest absolute Gasteiger partial charge is 0.504 e. The Balaban J connectivity index is 1.23. The second-order valence-electron chi connectivity index (χ2n) is 11.3. The maximum absolute atomic E-state index is 12.8. The number of carbonyl (C=O) groups is 4. The van der Waals surface area contributed by atoms with Crippen molar-refractivity contribution in [2.24, 2.45) is 0 Å². The molecule has 14 heteroatoms. The number of esters is 1. The number of carboxylic acids is 2. The molecule has 1 aromatic rings. The summed E-state index contributed by atoms with van der Waals surface area (Å²) in [5.74, 6) is -4.20. The molecule has 1 aromatic carbocycles. The topological polar surface area (TPSA) is 212 Å². The maximum atomic E-state index is 12.8. The number of carbonyl (C=O) groups excluding carboxylic acids is 2. The van der Waals surface area contributed by atoms with Crippen LogP contribution >= 0.6 is 0 Å². The monoisotopic (exact) mass is 590 g/mol. The Morgan fingerprint density at radius 2 is 1.98 bits per heavy atom. The van der Waals surface area contributed by atoms with E-state index in [1.165, 1.54) is 6.92 Å². The van der Waals surface area contributed by atoms with Crippen LogP contribution in [0.1, 0.15) is 50.2 Å². The molecule has 0 aromatic heterocycles. The molecule has 2 bridgehead atoms. The first-order valence-electron chi connectivity index (χ1n) is 13.7. The number of phenolic OH excluding ortho intramolecular Hbond substituents is 1. The number of likely N-dealkylation sites (tertiary alicyclic amines) is 1. The molecule has 1 amide bonds. The van der Waals surface area contributed by atoms with Gasteiger partial charge in [-0.2, -0.15) is 0 Å². The van der Waals surface area contributed by atoms with E-state index in [4.69, 9.17) is 24.4 Å². The predicted molar refractivity (Wildman–Crippen MR) is 140 cm³/mol. The quantitative estimate of drug-likeness (QED) is 0.145. The fraction of sp³-hybridized carbons (Fsp3) is 0.571. The second kappa shape index (κ2) is 10.8. The van der Waals surface area contributed by atoms with E-state index in [1.807, 2.05) is 18.4 Å². The molecular weight excluding hydrogens is 556 g/mol. The zero-order valence-corrected chi connectivity index (χ0v) is 23.1. The van der Waals surface area contributed by atoms with Crippen LogP contribution in [-0.2, 0) is 40.5 Å². The lowest BCUT2D eigenvalue weighted by Crippen LogP contribution is -2.74. The third kappa shape index (κ3) is 4.77. The number of nitrogens with zero attached hydrogens (tertiary/aromatic N) is 1. The first kappa shape index (κ1) is 29.8. The normalized spacial score (nSPS) is 29.3. The van der Waals surface area contributed by atoms with Gasteiger partial charge in [0.05, 0.1) is 23.9 Å². The number of hydrogen-bond acceptors (Lipinski definition) is 11. The molecule has 0 saturated carbocycles. The first-order chi connectivity index (χ1) is 19.8. The highest BCUT2D eigenvalue weighted by Gasteiger charge is 2.72. The van der Waals surface area contributed by atoms with Crippen LogP contribution in [0, 0.1) is 0 Å². The molecule has 6 N–H and O–H groups in total. The number of aromatic hydroxyl groups is 1. The molecule has 1 saturated heterocycles. The summed E-state index contributed by atoms with van der Waals surface area (Å²) >= 11 is 0. The molecule has 2 aliphatic carbocycles. The van der Waals surface area contributed by atoms with Crippen molar-refractivity contribution >= 4 is 23.8 Å². The number of carboxylic acid groups (broad SMARTS) is 2. The molecule has 0 radical (unpaired) electrons. The van der Waals surface area contributed by atoms with E-state index in [1.54, 1.807) is 12.1 Å². The fourth-order valence-corrected chi connectivity index (χ4v) is 6.89. The molecule has 1 spiro atoms. The Morgan fingerprint density at radius 1 is 1.24 bits per heavy atom. The van der Waals surface area contributed by atoms with Gasteiger partial charge in [0.15, 0.2) is 23.9 Å². The minimum Gasteiger partial charge on any atom is -0.504 e. The Labute approximate surface area is 240 Å². The first-order valence-corrected chi connectivity index (χ1v) is 13.7. The van der Waals surface area contributed by atoms with Crippen LogP contribution in [0.2, 0.25) is 0 Å². The molecule has 4 aliphatic rings. The van der Waals surface area contributed by atoms with Crippen molar-refractivity contribution in [3.8, 4) is 11.5 Å². The van der Waals surface area contributed by atoms with Crippen molar-refractivity contribution < 1.29 is 58.9 Å². The Morgan fingerprint density at radius 3 is 2.67 bits per heavy atom. The summed E-state index contributed by atoms with van der Waals surface area (Å²) in [4.78, 5) is 49.2. The number of likely N-dealkylation sites (N-methyl/N-ethyl adjacent to an activating group) is 1. The summed E-state index contributed by atoms with van der Waals surface area (Å²) in [6, 6.07) is 1.53. The third-order valence-corrected chi connectivity index (χ3v) is 8.90. The van der Waals surface area contributed by atoms with Crippen LogP contribution < -0.4 is 10.1 Å². The van der Waals surface area contributed by atoms with E-state index in [-0.39, 0.29) is 42.6 Å². The summed E-state index contributed by atoms with van der Waals surface area (Å²) in [5, 5.41) is 52.9. The SMILES string of the molecule is C[C@H](OC(O)CCC(=O)OC1=CC[C@@]2(O)[C@H]3Cc4ccc(O)c5c4C2(CCN3C)[C@H]1O5)C(=O)N[C@@H](CC(=O)O)C(=O)O. The number of benzene rings is 1. The van der Waals surface area contributed by atoms with Gasteiger partial charge in [-0.3, -0.25) is 14.4 Å². The Bertz CT molecular complexity index is 1350. The fourth-order valence-electron chi connectivity index (χ4n) is 6.89. The van der Waals surface area contributed by atoms with Crippen LogP contribution in [0.5, 0.6) is 11.5 Å². The van der Waals surface area contributed by atoms with E-state index in [9.17, 15) is 34.5 Å². The van der Waals surface area contributed by atoms with Gasteiger partial charge in [0.2, 0.25) is 5.91 Å². The number of rotatable bonds is 11. The molecule has 2 unspecified atom stereocenters. The van der Waals surface area contributed by atoms with Crippen molar-refractivity contribution in [2.75, 3.05) is 13.6 Å². The number of nitrogens with one attached hydrogen (secondary N) is 1. The Kier molecular flexibility index (Phi) is 7.68. The number of piperidine rings is 1. The average Bonchev–Trinajstić information content (AvgIpc) is 3.28. The van der Waals surface area contributed by atoms with Crippen LogP contribution in [0.25, 0.3) is 0 Å². The zero-order valence-electron chi connectivity index (χ0n) is 23.1. The summed E-state index contributed by atoms with van der Waals surface area (Å²) < 4.78 is 17.1. The number of phenols is 1. The highest BCUT2D eigenvalue weighted by Crippen LogP contribution is 2.65. The molecule has 228 valence electrons. The standard InChI is InChI=1S/C28H34N2O12/c1-13(25(36)29-15(26(37)38)12-19(32)33)40-20(34)5-6-21(35)41-17-7-8-28(39)18-11-14-3-4-16(31)23-22(14)27(28,24(17)42-23)9-10-30(18)2/h3-4,7,13,15,18,20,24,31,34,39H,5-6,8-12H2,1-2H3,(H,29,36)(H,32,33)(H,37,38)/t13-,15-,18+,20?,24-,27?,28+/m0/s1. The molecule has 7 atom stereocenters. The lowest BCUT2D eigenvalue weighted by molar-refractivity contribution is -0.172. The van der Waals surface area contributed by atoms with E-state index < -0.39 is 65.8 Å². The lowest BCUT2D eigenvalue weighted by Gasteiger charge is -2.61. The highest BCUT2D eigenvalue weighted by molar-refractivity contribution is 5.88. The van der Waals surface area contributed by atoms with Crippen LogP contribution in [0.15, 0.2) is 24.0 Å². The average molecular weight is 591 g/mol. The van der Waals surface area contributed by atoms with Crippen molar-refractivity contribution in [1.29, 1.82) is 0 Å². The maximum Gasteiger partial charge on any atom is 0.326 e. The molecule has 1 fully saturated rings. The molecule has 14 nitrogen and oxygen atoms in total. The Hall–Kier alpha value is -3.72. The van der Waals surface area contributed by atoms with Crippen molar-refractivity contribution in [3.63, 3.8) is 0 Å². The van der Waals surface area contributed by atoms with Gasteiger partial charge in [-0.15, -0.1) is 0 Å². The van der Waals surface area contributed by atoms with Crippen LogP contribution in [0.4, 0.5) is 0 Å². The van der Waals surface area contributed by atoms with E-state index in [0.717, 1.165) is 11.1 Å². The predicted octanol–water partition coefficient (Wildman–Crippen LogP) is -0.239. The zero-order chi connectivity index (χ0) is 30.6. The molecule has 2 aliphatic heterocycles. The lowest BCUT2D eigenvalue weighted by atomic mass is 9.50. The van der Waals surface area contributed by atoms with Gasteiger partial charge in [-0.25, -0.2) is 4.79 Å². The number of aliphatic hydroxyl groups excluding tert-OH is 1. The van der Waals surface area contributed by atoms with Gasteiger partial charge >= 0.3 is 17.9 Å². The van der Waals surface area contributed by atoms with E-state index in [2.05, 4.69) is 4.90 Å². The molecule has 42 heavy (non-hydrogen) atoms. The summed E-state index contributed by atoms with van der Waals surface area (Å²) in [7, 11) is 1.96. The third-order valence-electron chi connectivity index (χ3n) is 8.90. The molecular formula is C28H34N2O12. The number of aliphatic carboxylic acids is 2. The van der Waals surface area contributed by atoms with Gasteiger partial charge in [0, 0.05) is 24.4 Å². The van der Waals surface area contributed by atoms with Gasteiger partial charge in [0.1, 0.15) is 17.9 Å². The number of aliphatic hydroxyl groups is 2. The minimum absolute atomic E-state index is 0.0565. The second-order valence-corrected chi connectivity index (χ2v) is 11.3. The summed E-state index contributed by atoms with van der Waals surface area (Å²) in [5.41, 5.74) is -0.408. The highest BCUT2D eigenvalue weighted by atomic mass is 16.6. The molecule has 5 rings (SSSR count). The number of amides is 1. The van der Waals surface area contributed by atoms with Gasteiger partial charge in [-0.05, 0) is 51.1 Å². The van der Waals surface area contributed by atoms with Gasteiger partial charge < -0.3 is 50.0 Å².